The molecule has 0 heterocycles. The summed E-state index contributed by atoms with van der Waals surface area (Å²) in [5.74, 6) is 1.28. The van der Waals surface area contributed by atoms with E-state index >= 15 is 0 Å². The van der Waals surface area contributed by atoms with Gasteiger partial charge < -0.3 is 10.1 Å². The Kier molecular flexibility index (Phi) is 6.21. The van der Waals surface area contributed by atoms with Gasteiger partial charge in [0.25, 0.3) is 0 Å². The van der Waals surface area contributed by atoms with Gasteiger partial charge in [0.05, 0.1) is 6.61 Å². The first kappa shape index (κ1) is 17.1. The molecule has 0 aliphatic heterocycles. The molecule has 0 aromatic heterocycles. The fraction of sp³-hybridized carbons (Fsp3) is 0.350. The molecule has 2 rings (SSSR count). The molecule has 2 aromatic rings. The molecule has 0 fully saturated rings. The molecule has 1 amide bonds. The summed E-state index contributed by atoms with van der Waals surface area (Å²) >= 11 is 0. The van der Waals surface area contributed by atoms with Gasteiger partial charge in [-0.1, -0.05) is 44.2 Å². The second-order valence-corrected chi connectivity index (χ2v) is 6.06. The van der Waals surface area contributed by atoms with Crippen molar-refractivity contribution in [3.8, 4) is 5.75 Å². The summed E-state index contributed by atoms with van der Waals surface area (Å²) in [5.41, 5.74) is 3.24. The Bertz CT molecular complexity index is 650. The smallest absolute Gasteiger partial charge is 0.224 e. The zero-order valence-corrected chi connectivity index (χ0v) is 14.1. The number of ether oxygens (including phenoxy) is 1. The lowest BCUT2D eigenvalue weighted by molar-refractivity contribution is -0.116. The maximum Gasteiger partial charge on any atom is 0.224 e. The van der Waals surface area contributed by atoms with Crippen LogP contribution in [0.2, 0.25) is 0 Å². The Morgan fingerprint density at radius 3 is 2.65 bits per heavy atom. The summed E-state index contributed by atoms with van der Waals surface area (Å²) in [6, 6.07) is 15.9. The van der Waals surface area contributed by atoms with E-state index in [-0.39, 0.29) is 5.91 Å². The van der Waals surface area contributed by atoms with E-state index in [1.54, 1.807) is 0 Å². The largest absolute Gasteiger partial charge is 0.494 e. The van der Waals surface area contributed by atoms with Crippen molar-refractivity contribution in [1.82, 2.24) is 0 Å². The molecule has 2 aromatic carbocycles. The number of hydrogen-bond acceptors (Lipinski definition) is 2. The highest BCUT2D eigenvalue weighted by atomic mass is 16.5. The van der Waals surface area contributed by atoms with Crippen LogP contribution in [0, 0.1) is 6.92 Å². The number of amides is 1. The van der Waals surface area contributed by atoms with E-state index in [4.69, 9.17) is 4.74 Å². The van der Waals surface area contributed by atoms with Crippen LogP contribution >= 0.6 is 0 Å². The van der Waals surface area contributed by atoms with Crippen molar-refractivity contribution in [1.29, 1.82) is 0 Å². The maximum atomic E-state index is 12.1. The van der Waals surface area contributed by atoms with Crippen molar-refractivity contribution >= 4 is 11.6 Å². The SMILES string of the molecule is Cc1cccc(OCCCC(=O)Nc2ccccc2C(C)C)c1. The van der Waals surface area contributed by atoms with Crippen molar-refractivity contribution in [3.63, 3.8) is 0 Å². The van der Waals surface area contributed by atoms with Crippen LogP contribution in [-0.2, 0) is 4.79 Å². The Morgan fingerprint density at radius 1 is 1.13 bits per heavy atom. The van der Waals surface area contributed by atoms with Crippen LogP contribution in [-0.4, -0.2) is 12.5 Å². The van der Waals surface area contributed by atoms with Crippen molar-refractivity contribution < 1.29 is 9.53 Å². The van der Waals surface area contributed by atoms with Gasteiger partial charge in [-0.25, -0.2) is 0 Å². The molecule has 0 aliphatic carbocycles. The molecule has 1 N–H and O–H groups in total. The molecule has 0 saturated heterocycles. The second kappa shape index (κ2) is 8.37. The highest BCUT2D eigenvalue weighted by Gasteiger charge is 2.09. The number of benzene rings is 2. The molecule has 3 heteroatoms. The number of nitrogens with one attached hydrogen (secondary N) is 1. The van der Waals surface area contributed by atoms with E-state index in [1.165, 1.54) is 5.56 Å². The van der Waals surface area contributed by atoms with Crippen molar-refractivity contribution in [2.75, 3.05) is 11.9 Å². The highest BCUT2D eigenvalue weighted by molar-refractivity contribution is 5.91. The van der Waals surface area contributed by atoms with Gasteiger partial charge in [-0.05, 0) is 48.6 Å². The topological polar surface area (TPSA) is 38.3 Å². The lowest BCUT2D eigenvalue weighted by Crippen LogP contribution is -2.14. The van der Waals surface area contributed by atoms with Gasteiger partial charge in [0.15, 0.2) is 0 Å². The molecule has 0 bridgehead atoms. The van der Waals surface area contributed by atoms with Crippen LogP contribution in [0.15, 0.2) is 48.5 Å². The summed E-state index contributed by atoms with van der Waals surface area (Å²) in [6.07, 6.45) is 1.15. The number of para-hydroxylation sites is 1. The summed E-state index contributed by atoms with van der Waals surface area (Å²) < 4.78 is 5.67. The van der Waals surface area contributed by atoms with Gasteiger partial charge in [0, 0.05) is 12.1 Å². The second-order valence-electron chi connectivity index (χ2n) is 6.06. The molecule has 0 radical (unpaired) electrons. The average molecular weight is 311 g/mol. The molecular weight excluding hydrogens is 286 g/mol. The Labute approximate surface area is 138 Å². The van der Waals surface area contributed by atoms with E-state index in [0.717, 1.165) is 17.0 Å². The normalized spacial score (nSPS) is 10.6. The lowest BCUT2D eigenvalue weighted by Gasteiger charge is -2.13. The molecule has 0 atom stereocenters. The van der Waals surface area contributed by atoms with Gasteiger partial charge in [-0.15, -0.1) is 0 Å². The van der Waals surface area contributed by atoms with Gasteiger partial charge in [-0.3, -0.25) is 4.79 Å². The van der Waals surface area contributed by atoms with Crippen LogP contribution in [0.5, 0.6) is 5.75 Å². The Hall–Kier alpha value is -2.29. The van der Waals surface area contributed by atoms with Gasteiger partial charge >= 0.3 is 0 Å². The third-order valence-corrected chi connectivity index (χ3v) is 3.66. The first-order valence-corrected chi connectivity index (χ1v) is 8.14. The van der Waals surface area contributed by atoms with Crippen LogP contribution in [0.25, 0.3) is 0 Å². The minimum absolute atomic E-state index is 0.0333. The number of anilines is 1. The lowest BCUT2D eigenvalue weighted by atomic mass is 10.0. The predicted octanol–water partition coefficient (Wildman–Crippen LogP) is 4.92. The summed E-state index contributed by atoms with van der Waals surface area (Å²) in [4.78, 5) is 12.1. The minimum atomic E-state index is 0.0333. The third-order valence-electron chi connectivity index (χ3n) is 3.66. The average Bonchev–Trinajstić information content (AvgIpc) is 2.52. The summed E-state index contributed by atoms with van der Waals surface area (Å²) in [7, 11) is 0. The molecule has 23 heavy (non-hydrogen) atoms. The standard InChI is InChI=1S/C20H25NO2/c1-15(2)18-10-4-5-11-19(18)21-20(22)12-7-13-23-17-9-6-8-16(3)14-17/h4-6,8-11,14-15H,7,12-13H2,1-3H3,(H,21,22). The molecule has 0 saturated carbocycles. The van der Waals surface area contributed by atoms with Crippen LogP contribution in [0.1, 0.15) is 43.7 Å². The molecule has 3 nitrogen and oxygen atoms in total. The van der Waals surface area contributed by atoms with Gasteiger partial charge in [-0.2, -0.15) is 0 Å². The minimum Gasteiger partial charge on any atom is -0.494 e. The quantitative estimate of drug-likeness (QED) is 0.737. The van der Waals surface area contributed by atoms with Crippen LogP contribution in [0.3, 0.4) is 0 Å². The highest BCUT2D eigenvalue weighted by Crippen LogP contribution is 2.23. The fourth-order valence-corrected chi connectivity index (χ4v) is 2.45. The van der Waals surface area contributed by atoms with Crippen molar-refractivity contribution in [2.24, 2.45) is 0 Å². The summed E-state index contributed by atoms with van der Waals surface area (Å²) in [5, 5.41) is 3.01. The number of aryl methyl sites for hydroxylation is 1. The van der Waals surface area contributed by atoms with Gasteiger partial charge in [0.2, 0.25) is 5.91 Å². The van der Waals surface area contributed by atoms with E-state index in [1.807, 2.05) is 49.4 Å². The number of carbonyl (C=O) groups is 1. The number of carbonyl (C=O) groups excluding carboxylic acids is 1. The Balaban J connectivity index is 1.77. The first-order chi connectivity index (χ1) is 11.1. The summed E-state index contributed by atoms with van der Waals surface area (Å²) in [6.45, 7) is 6.83. The van der Waals surface area contributed by atoms with Crippen molar-refractivity contribution in [2.45, 2.75) is 39.5 Å². The molecule has 0 spiro atoms. The van der Waals surface area contributed by atoms with Crippen LogP contribution < -0.4 is 10.1 Å². The molecule has 0 unspecified atom stereocenters. The van der Waals surface area contributed by atoms with E-state index < -0.39 is 0 Å². The number of rotatable bonds is 7. The molecule has 0 aliphatic rings. The van der Waals surface area contributed by atoms with E-state index in [2.05, 4.69) is 25.2 Å². The van der Waals surface area contributed by atoms with E-state index in [9.17, 15) is 4.79 Å². The number of hydrogen-bond donors (Lipinski definition) is 1. The van der Waals surface area contributed by atoms with Crippen molar-refractivity contribution in [3.05, 3.63) is 59.7 Å². The van der Waals surface area contributed by atoms with E-state index in [0.29, 0.717) is 25.4 Å². The predicted molar refractivity (Wildman–Crippen MR) is 95.1 cm³/mol. The Morgan fingerprint density at radius 2 is 1.91 bits per heavy atom. The van der Waals surface area contributed by atoms with Crippen LogP contribution in [0.4, 0.5) is 5.69 Å². The monoisotopic (exact) mass is 311 g/mol. The molecular formula is C20H25NO2. The third kappa shape index (κ3) is 5.44. The fourth-order valence-electron chi connectivity index (χ4n) is 2.45. The first-order valence-electron chi connectivity index (χ1n) is 8.14. The zero-order chi connectivity index (χ0) is 16.7. The maximum absolute atomic E-state index is 12.1. The zero-order valence-electron chi connectivity index (χ0n) is 14.1. The van der Waals surface area contributed by atoms with Gasteiger partial charge in [0.1, 0.15) is 5.75 Å². The molecule has 122 valence electrons.